The van der Waals surface area contributed by atoms with Crippen molar-refractivity contribution in [2.75, 3.05) is 18.4 Å². The van der Waals surface area contributed by atoms with Crippen molar-refractivity contribution in [2.24, 2.45) is 11.3 Å². The van der Waals surface area contributed by atoms with Crippen molar-refractivity contribution in [3.8, 4) is 0 Å². The molecule has 33 heavy (non-hydrogen) atoms. The first-order chi connectivity index (χ1) is 15.3. The van der Waals surface area contributed by atoms with Crippen molar-refractivity contribution in [3.05, 3.63) is 22.8 Å². The van der Waals surface area contributed by atoms with Gasteiger partial charge in [0.1, 0.15) is 11.7 Å². The fourth-order valence-corrected chi connectivity index (χ4v) is 4.74. The van der Waals surface area contributed by atoms with Crippen LogP contribution in [0.1, 0.15) is 32.3 Å². The first-order valence-corrected chi connectivity index (χ1v) is 10.5. The lowest BCUT2D eigenvalue weighted by atomic mass is 9.63. The van der Waals surface area contributed by atoms with Gasteiger partial charge in [-0.25, -0.2) is 4.98 Å². The highest BCUT2D eigenvalue weighted by atomic mass is 35.5. The summed E-state index contributed by atoms with van der Waals surface area (Å²) in [6.45, 7) is 3.26. The maximum atomic E-state index is 13.1. The van der Waals surface area contributed by atoms with Crippen LogP contribution in [0, 0.1) is 11.3 Å². The maximum absolute atomic E-state index is 13.1. The van der Waals surface area contributed by atoms with Gasteiger partial charge < -0.3 is 5.32 Å². The molecule has 1 aromatic rings. The van der Waals surface area contributed by atoms with Crippen molar-refractivity contribution >= 4 is 40.8 Å². The number of aromatic nitrogens is 1. The third-order valence-corrected chi connectivity index (χ3v) is 6.40. The number of ketones is 2. The molecule has 2 N–H and O–H groups in total. The van der Waals surface area contributed by atoms with E-state index < -0.39 is 58.1 Å². The van der Waals surface area contributed by atoms with E-state index in [2.05, 4.69) is 15.8 Å². The fourth-order valence-electron chi connectivity index (χ4n) is 4.51. The van der Waals surface area contributed by atoms with Gasteiger partial charge in [0.15, 0.2) is 23.2 Å². The topological polar surface area (TPSA) is 118 Å². The van der Waals surface area contributed by atoms with E-state index in [1.807, 2.05) is 0 Å². The van der Waals surface area contributed by atoms with Gasteiger partial charge in [0, 0.05) is 32.1 Å². The van der Waals surface area contributed by atoms with Gasteiger partial charge in [-0.1, -0.05) is 25.4 Å². The average Bonchev–Trinajstić information content (AvgIpc) is 3.19. The number of hydrogen-bond acceptors (Lipinski definition) is 8. The van der Waals surface area contributed by atoms with Crippen LogP contribution in [-0.2, 0) is 30.2 Å². The molecule has 3 fully saturated rings. The fraction of sp³-hybridized carbons (Fsp3) is 0.550. The lowest BCUT2D eigenvalue weighted by Crippen LogP contribution is -2.64. The van der Waals surface area contributed by atoms with Crippen LogP contribution in [0.5, 0.6) is 0 Å². The Balaban J connectivity index is 1.47. The molecule has 9 nitrogen and oxygen atoms in total. The molecule has 0 bridgehead atoms. The molecule has 2 atom stereocenters. The van der Waals surface area contributed by atoms with Crippen LogP contribution in [0.3, 0.4) is 0 Å². The van der Waals surface area contributed by atoms with Crippen molar-refractivity contribution in [2.45, 2.75) is 44.5 Å². The first kappa shape index (κ1) is 23.6. The van der Waals surface area contributed by atoms with Crippen LogP contribution in [0.25, 0.3) is 0 Å². The number of amides is 2. The number of nitrogens with zero attached hydrogens (tertiary/aromatic N) is 2. The Labute approximate surface area is 190 Å². The highest BCUT2D eigenvalue weighted by Gasteiger charge is 2.70. The summed E-state index contributed by atoms with van der Waals surface area (Å²) in [5.74, 6) is -3.82. The van der Waals surface area contributed by atoms with Gasteiger partial charge in [0.25, 0.3) is 5.91 Å². The van der Waals surface area contributed by atoms with Gasteiger partial charge in [-0.05, 0) is 11.5 Å². The maximum Gasteiger partial charge on any atom is 0.417 e. The smallest absolute Gasteiger partial charge is 0.367 e. The van der Waals surface area contributed by atoms with Gasteiger partial charge in [-0.2, -0.15) is 18.7 Å². The van der Waals surface area contributed by atoms with Gasteiger partial charge in [-0.3, -0.25) is 28.9 Å². The molecule has 2 amide bonds. The minimum absolute atomic E-state index is 0.0411. The number of alkyl halides is 3. The quantitative estimate of drug-likeness (QED) is 0.486. The normalized spacial score (nSPS) is 26.3. The van der Waals surface area contributed by atoms with Gasteiger partial charge in [0.2, 0.25) is 5.91 Å². The molecule has 178 valence electrons. The zero-order chi connectivity index (χ0) is 24.3. The number of carbonyl (C=O) groups is 4. The second-order valence-corrected chi connectivity index (χ2v) is 9.50. The molecule has 1 aliphatic carbocycles. The summed E-state index contributed by atoms with van der Waals surface area (Å²) in [4.78, 5) is 61.4. The van der Waals surface area contributed by atoms with Crippen molar-refractivity contribution < 1.29 is 37.2 Å². The van der Waals surface area contributed by atoms with Gasteiger partial charge in [0.05, 0.1) is 10.6 Å². The van der Waals surface area contributed by atoms with E-state index >= 15 is 0 Å². The molecule has 4 rings (SSSR count). The summed E-state index contributed by atoms with van der Waals surface area (Å²) in [6, 6.07) is 0.707. The molecule has 0 radical (unpaired) electrons. The van der Waals surface area contributed by atoms with E-state index in [0.29, 0.717) is 12.3 Å². The Bertz CT molecular complexity index is 1040. The highest BCUT2D eigenvalue weighted by molar-refractivity contribution is 6.33. The minimum Gasteiger partial charge on any atom is -0.367 e. The molecular weight excluding hydrogens is 469 g/mol. The number of nitrogens with one attached hydrogen (secondary N) is 2. The number of imide groups is 1. The molecule has 1 saturated carbocycles. The number of halogens is 4. The summed E-state index contributed by atoms with van der Waals surface area (Å²) in [6.07, 6.45) is -5.23. The van der Waals surface area contributed by atoms with E-state index in [1.165, 1.54) is 0 Å². The zero-order valence-corrected chi connectivity index (χ0v) is 18.3. The zero-order valence-electron chi connectivity index (χ0n) is 17.6. The largest absolute Gasteiger partial charge is 0.417 e. The second kappa shape index (κ2) is 7.74. The third-order valence-electron chi connectivity index (χ3n) is 6.11. The summed E-state index contributed by atoms with van der Waals surface area (Å²) < 4.78 is 38.2. The number of hydrogen-bond donors (Lipinski definition) is 2. The van der Waals surface area contributed by atoms with E-state index in [1.54, 1.807) is 13.8 Å². The number of rotatable bonds is 4. The Morgan fingerprint density at radius 3 is 2.42 bits per heavy atom. The van der Waals surface area contributed by atoms with Crippen molar-refractivity contribution in [3.63, 3.8) is 0 Å². The molecule has 1 aromatic heterocycles. The van der Waals surface area contributed by atoms with Gasteiger partial charge >= 0.3 is 6.18 Å². The molecule has 13 heteroatoms. The summed E-state index contributed by atoms with van der Waals surface area (Å²) >= 11 is 5.84. The summed E-state index contributed by atoms with van der Waals surface area (Å²) in [5.41, 5.74) is -1.08. The Morgan fingerprint density at radius 2 is 1.85 bits per heavy atom. The molecule has 0 aromatic carbocycles. The predicted molar refractivity (Wildman–Crippen MR) is 107 cm³/mol. The first-order valence-electron chi connectivity index (χ1n) is 10.1. The lowest BCUT2D eigenvalue weighted by molar-refractivity contribution is -0.156. The molecule has 0 unspecified atom stereocenters. The van der Waals surface area contributed by atoms with Gasteiger partial charge in [-0.15, -0.1) is 0 Å². The lowest BCUT2D eigenvalue weighted by Gasteiger charge is -2.39. The second-order valence-electron chi connectivity index (χ2n) is 9.10. The van der Waals surface area contributed by atoms with Crippen LogP contribution >= 0.6 is 11.6 Å². The van der Waals surface area contributed by atoms with E-state index in [4.69, 9.17) is 16.4 Å². The summed E-state index contributed by atoms with van der Waals surface area (Å²) in [7, 11) is 0. The highest BCUT2D eigenvalue weighted by Crippen LogP contribution is 2.46. The molecule has 2 aliphatic heterocycles. The van der Waals surface area contributed by atoms with Crippen LogP contribution in [0.4, 0.5) is 19.0 Å². The summed E-state index contributed by atoms with van der Waals surface area (Å²) in [5, 5.41) is 2.39. The van der Waals surface area contributed by atoms with E-state index in [0.717, 1.165) is 4.90 Å². The Hall–Kier alpha value is -2.57. The third kappa shape index (κ3) is 3.79. The Kier molecular flexibility index (Phi) is 5.53. The average molecular weight is 489 g/mol. The predicted octanol–water partition coefficient (Wildman–Crippen LogP) is 1.75. The number of anilines is 1. The number of Topliss-reactive ketones (excluding diaryl/α,β-unsaturated/α-hetero) is 2. The Morgan fingerprint density at radius 1 is 1.21 bits per heavy atom. The number of fused-ring (bicyclic) bond motifs is 2. The minimum atomic E-state index is -4.60. The number of carbonyl (C=O) groups excluding carboxylic acids is 4. The standard InChI is InChI=1S/C20H20ClF3N4O5/c1-18(2)6-11(29)19(12(30)7-18)13-14(33-27-19)17(32)28(16(13)31)4-3-25-15-10(21)5-9(8-26-15)20(22,23)24/h5,8,13-14,27H,3-4,6-7H2,1-2H3,(H,25,26)/t13-,14+/m0/s1. The molecule has 3 heterocycles. The van der Waals surface area contributed by atoms with E-state index in [-0.39, 0.29) is 36.8 Å². The molecule has 2 saturated heterocycles. The van der Waals surface area contributed by atoms with Crippen LogP contribution in [0.2, 0.25) is 5.02 Å². The van der Waals surface area contributed by atoms with E-state index in [9.17, 15) is 32.3 Å². The number of likely N-dealkylation sites (tertiary alicyclic amines) is 1. The van der Waals surface area contributed by atoms with Crippen LogP contribution < -0.4 is 10.8 Å². The van der Waals surface area contributed by atoms with Crippen molar-refractivity contribution in [1.82, 2.24) is 15.4 Å². The van der Waals surface area contributed by atoms with Crippen LogP contribution in [-0.4, -0.2) is 58.0 Å². The van der Waals surface area contributed by atoms with Crippen LogP contribution in [0.15, 0.2) is 12.3 Å². The molecule has 3 aliphatic rings. The number of hydroxylamine groups is 1. The monoisotopic (exact) mass is 488 g/mol. The number of pyridine rings is 1. The molecule has 1 spiro atoms. The molecular formula is C20H20ClF3N4O5. The SMILES string of the molecule is CC1(C)CC(=O)C2(NO[C@H]3C(=O)N(CCNc4ncc(C(F)(F)F)cc4Cl)C(=O)[C@H]32)C(=O)C1. The van der Waals surface area contributed by atoms with Crippen molar-refractivity contribution in [1.29, 1.82) is 0 Å².